The Balaban J connectivity index is 1.48. The van der Waals surface area contributed by atoms with E-state index in [1.165, 1.54) is 12.1 Å². The van der Waals surface area contributed by atoms with Crippen molar-refractivity contribution in [3.63, 3.8) is 0 Å². The topological polar surface area (TPSA) is 21.7 Å². The van der Waals surface area contributed by atoms with Gasteiger partial charge in [-0.15, -0.1) is 0 Å². The second kappa shape index (κ2) is 8.62. The van der Waals surface area contributed by atoms with Crippen molar-refractivity contribution in [1.82, 2.24) is 4.90 Å². The lowest BCUT2D eigenvalue weighted by atomic mass is 9.93. The molecule has 2 aromatic carbocycles. The fourth-order valence-electron chi connectivity index (χ4n) is 3.26. The largest absolute Gasteiger partial charge is 0.492 e. The average Bonchev–Trinajstić information content (AvgIpc) is 2.65. The number of likely N-dealkylation sites (tertiary alicyclic amines) is 1. The molecule has 0 atom stereocenters. The van der Waals surface area contributed by atoms with Crippen molar-refractivity contribution in [3.8, 4) is 11.5 Å². The average molecular weight is 414 g/mol. The second-order valence-corrected chi connectivity index (χ2v) is 7.57. The summed E-state index contributed by atoms with van der Waals surface area (Å²) in [6, 6.07) is 12.7. The molecule has 7 heteroatoms. The van der Waals surface area contributed by atoms with Crippen molar-refractivity contribution >= 4 is 11.6 Å². The van der Waals surface area contributed by atoms with Crippen molar-refractivity contribution in [2.45, 2.75) is 31.5 Å². The minimum Gasteiger partial charge on any atom is -0.492 e. The van der Waals surface area contributed by atoms with Gasteiger partial charge in [-0.05, 0) is 44.0 Å². The van der Waals surface area contributed by atoms with Crippen LogP contribution in [0.3, 0.4) is 0 Å². The lowest BCUT2D eigenvalue weighted by Gasteiger charge is -2.39. The van der Waals surface area contributed by atoms with Crippen LogP contribution < -0.4 is 9.47 Å². The number of para-hydroxylation sites is 2. The molecule has 0 saturated carbocycles. The molecule has 0 aromatic heterocycles. The zero-order chi connectivity index (χ0) is 20.2. The molecule has 1 aliphatic heterocycles. The summed E-state index contributed by atoms with van der Waals surface area (Å²) < 4.78 is 50.6. The van der Waals surface area contributed by atoms with Crippen LogP contribution in [0.1, 0.15) is 25.3 Å². The Morgan fingerprint density at radius 2 is 1.61 bits per heavy atom. The summed E-state index contributed by atoms with van der Waals surface area (Å²) in [4.78, 5) is 2.17. The number of ether oxygens (including phenoxy) is 2. The molecule has 0 N–H and O–H groups in total. The van der Waals surface area contributed by atoms with Gasteiger partial charge in [-0.25, -0.2) is 0 Å². The zero-order valence-corrected chi connectivity index (χ0v) is 16.4. The van der Waals surface area contributed by atoms with Gasteiger partial charge in [0.1, 0.15) is 23.7 Å². The first-order valence-corrected chi connectivity index (χ1v) is 9.60. The highest BCUT2D eigenvalue weighted by atomic mass is 35.5. The van der Waals surface area contributed by atoms with E-state index in [9.17, 15) is 13.2 Å². The van der Waals surface area contributed by atoms with Gasteiger partial charge < -0.3 is 9.47 Å². The first-order chi connectivity index (χ1) is 13.3. The number of rotatable bonds is 6. The van der Waals surface area contributed by atoms with Crippen LogP contribution in [0.2, 0.25) is 5.02 Å². The number of alkyl halides is 3. The normalized spacial score (nSPS) is 17.3. The van der Waals surface area contributed by atoms with Crippen LogP contribution in [0, 0.1) is 0 Å². The van der Waals surface area contributed by atoms with Crippen molar-refractivity contribution in [1.29, 1.82) is 0 Å². The molecule has 1 saturated heterocycles. The van der Waals surface area contributed by atoms with Crippen LogP contribution in [-0.4, -0.2) is 36.7 Å². The van der Waals surface area contributed by atoms with Gasteiger partial charge in [0.2, 0.25) is 0 Å². The summed E-state index contributed by atoms with van der Waals surface area (Å²) in [5, 5.41) is 0.586. The number of benzene rings is 2. The highest BCUT2D eigenvalue weighted by Crippen LogP contribution is 2.36. The second-order valence-electron chi connectivity index (χ2n) is 7.17. The summed E-state index contributed by atoms with van der Waals surface area (Å²) in [6.07, 6.45) is -2.81. The van der Waals surface area contributed by atoms with Gasteiger partial charge in [0.05, 0.1) is 10.6 Å². The van der Waals surface area contributed by atoms with Crippen molar-refractivity contribution in [3.05, 3.63) is 59.1 Å². The van der Waals surface area contributed by atoms with E-state index < -0.39 is 11.7 Å². The molecule has 0 spiro atoms. The first kappa shape index (κ1) is 20.8. The molecule has 0 amide bonds. The summed E-state index contributed by atoms with van der Waals surface area (Å²) in [6.45, 7) is 4.39. The Kier molecular flexibility index (Phi) is 6.40. The van der Waals surface area contributed by atoms with Crippen LogP contribution in [-0.2, 0) is 6.18 Å². The van der Waals surface area contributed by atoms with Gasteiger partial charge in [-0.3, -0.25) is 4.90 Å². The Hall–Kier alpha value is -1.92. The molecule has 2 aromatic rings. The summed E-state index contributed by atoms with van der Waals surface area (Å²) in [5.74, 6) is 0.547. The number of halogens is 4. The molecule has 0 radical (unpaired) electrons. The first-order valence-electron chi connectivity index (χ1n) is 9.22. The third-order valence-corrected chi connectivity index (χ3v) is 5.28. The zero-order valence-electron chi connectivity index (χ0n) is 15.6. The lowest BCUT2D eigenvalue weighted by molar-refractivity contribution is -0.139. The van der Waals surface area contributed by atoms with E-state index in [4.69, 9.17) is 21.1 Å². The highest BCUT2D eigenvalue weighted by Gasteiger charge is 2.34. The predicted octanol–water partition coefficient (Wildman–Crippen LogP) is 5.67. The van der Waals surface area contributed by atoms with Crippen molar-refractivity contribution in [2.75, 3.05) is 26.2 Å². The smallest absolute Gasteiger partial charge is 0.419 e. The number of nitrogens with zero attached hydrogens (tertiary/aromatic N) is 1. The van der Waals surface area contributed by atoms with Crippen LogP contribution in [0.15, 0.2) is 48.5 Å². The third kappa shape index (κ3) is 5.32. The number of hydrogen-bond acceptors (Lipinski definition) is 3. The van der Waals surface area contributed by atoms with Gasteiger partial charge in [0, 0.05) is 19.6 Å². The Bertz CT molecular complexity index is 789. The molecule has 1 aliphatic rings. The Morgan fingerprint density at radius 1 is 1.00 bits per heavy atom. The van der Waals surface area contributed by atoms with Gasteiger partial charge in [0.25, 0.3) is 0 Å². The van der Waals surface area contributed by atoms with Crippen molar-refractivity contribution < 1.29 is 22.6 Å². The molecule has 1 heterocycles. The van der Waals surface area contributed by atoms with Gasteiger partial charge in [-0.1, -0.05) is 35.9 Å². The standard InChI is InChI=1S/C21H23ClF3NO2/c1-20(28-19-9-5-3-7-17(19)22)10-12-26(13-11-20)14-15-27-18-8-4-2-6-16(18)21(23,24)25/h2-9H,10-15H2,1H3. The Morgan fingerprint density at radius 3 is 2.25 bits per heavy atom. The maximum atomic E-state index is 13.0. The maximum Gasteiger partial charge on any atom is 0.419 e. The molecule has 3 nitrogen and oxygen atoms in total. The maximum absolute atomic E-state index is 13.0. The number of piperidine rings is 1. The Labute approximate surface area is 168 Å². The van der Waals surface area contributed by atoms with Crippen LogP contribution in [0.5, 0.6) is 11.5 Å². The fourth-order valence-corrected chi connectivity index (χ4v) is 3.43. The van der Waals surface area contributed by atoms with E-state index in [0.29, 0.717) is 17.3 Å². The third-order valence-electron chi connectivity index (χ3n) is 4.96. The van der Waals surface area contributed by atoms with Crippen LogP contribution in [0.25, 0.3) is 0 Å². The minimum atomic E-state index is -4.42. The summed E-state index contributed by atoms with van der Waals surface area (Å²) in [7, 11) is 0. The monoisotopic (exact) mass is 413 g/mol. The summed E-state index contributed by atoms with van der Waals surface area (Å²) in [5.41, 5.74) is -1.06. The van der Waals surface area contributed by atoms with Crippen LogP contribution >= 0.6 is 11.6 Å². The van der Waals surface area contributed by atoms with Gasteiger partial charge in [0.15, 0.2) is 0 Å². The minimum absolute atomic E-state index is 0.126. The van der Waals surface area contributed by atoms with E-state index in [0.717, 1.165) is 32.0 Å². The predicted molar refractivity (Wildman–Crippen MR) is 103 cm³/mol. The van der Waals surface area contributed by atoms with E-state index in [2.05, 4.69) is 11.8 Å². The molecular weight excluding hydrogens is 391 g/mol. The molecule has 3 rings (SSSR count). The fraction of sp³-hybridized carbons (Fsp3) is 0.429. The molecule has 152 valence electrons. The molecule has 0 unspecified atom stereocenters. The lowest BCUT2D eigenvalue weighted by Crippen LogP contribution is -2.47. The molecular formula is C21H23ClF3NO2. The van der Waals surface area contributed by atoms with E-state index in [-0.39, 0.29) is 18.0 Å². The van der Waals surface area contributed by atoms with Crippen molar-refractivity contribution in [2.24, 2.45) is 0 Å². The van der Waals surface area contributed by atoms with Crippen LogP contribution in [0.4, 0.5) is 13.2 Å². The van der Waals surface area contributed by atoms with E-state index in [1.54, 1.807) is 12.1 Å². The van der Waals surface area contributed by atoms with E-state index >= 15 is 0 Å². The summed E-state index contributed by atoms with van der Waals surface area (Å²) >= 11 is 6.17. The van der Waals surface area contributed by atoms with Gasteiger partial charge in [-0.2, -0.15) is 13.2 Å². The molecule has 1 fully saturated rings. The molecule has 0 bridgehead atoms. The molecule has 0 aliphatic carbocycles. The van der Waals surface area contributed by atoms with E-state index in [1.807, 2.05) is 18.2 Å². The number of hydrogen-bond donors (Lipinski definition) is 0. The molecule has 28 heavy (non-hydrogen) atoms. The highest BCUT2D eigenvalue weighted by molar-refractivity contribution is 6.32. The van der Waals surface area contributed by atoms with Gasteiger partial charge >= 0.3 is 6.18 Å². The quantitative estimate of drug-likeness (QED) is 0.609. The SMILES string of the molecule is CC1(Oc2ccccc2Cl)CCN(CCOc2ccccc2C(F)(F)F)CC1.